The first kappa shape index (κ1) is 20.9. The number of hydrogen-bond acceptors (Lipinski definition) is 7. The Hall–Kier alpha value is -2.14. The first-order valence-corrected chi connectivity index (χ1v) is 8.68. The highest BCUT2D eigenvalue weighted by Gasteiger charge is 2.18. The van der Waals surface area contributed by atoms with Crippen LogP contribution in [-0.4, -0.2) is 45.7 Å². The molecule has 0 spiro atoms. The zero-order valence-corrected chi connectivity index (χ0v) is 14.6. The van der Waals surface area contributed by atoms with Crippen LogP contribution in [0.15, 0.2) is 35.9 Å². The summed E-state index contributed by atoms with van der Waals surface area (Å²) in [5.74, 6) is -0.466. The molecule has 1 rings (SSSR count). The Morgan fingerprint density at radius 2 is 1.96 bits per heavy atom. The third-order valence-electron chi connectivity index (χ3n) is 2.69. The first-order valence-electron chi connectivity index (χ1n) is 7.24. The molecule has 140 valence electrons. The number of rotatable bonds is 12. The fourth-order valence-electron chi connectivity index (χ4n) is 1.69. The maximum Gasteiger partial charge on any atom is 0.298 e. The SMILES string of the molecule is C=COCOCCCOCOc1ccc(NC(C)=O)cc1S(=O)(=O)O. The monoisotopic (exact) mass is 375 g/mol. The maximum atomic E-state index is 11.4. The van der Waals surface area contributed by atoms with E-state index in [1.54, 1.807) is 0 Å². The third-order valence-corrected chi connectivity index (χ3v) is 3.56. The lowest BCUT2D eigenvalue weighted by molar-refractivity contribution is -0.114. The van der Waals surface area contributed by atoms with Gasteiger partial charge in [0.1, 0.15) is 10.6 Å². The molecule has 0 heterocycles. The van der Waals surface area contributed by atoms with Crippen LogP contribution >= 0.6 is 0 Å². The molecule has 0 aromatic heterocycles. The summed E-state index contributed by atoms with van der Waals surface area (Å²) in [5.41, 5.74) is 0.215. The second kappa shape index (κ2) is 10.7. The number of ether oxygens (including phenoxy) is 4. The number of carbonyl (C=O) groups is 1. The van der Waals surface area contributed by atoms with Crippen molar-refractivity contribution in [3.05, 3.63) is 31.0 Å². The Morgan fingerprint density at radius 1 is 1.28 bits per heavy atom. The average molecular weight is 375 g/mol. The van der Waals surface area contributed by atoms with Crippen molar-refractivity contribution in [2.75, 3.05) is 32.1 Å². The summed E-state index contributed by atoms with van der Waals surface area (Å²) in [5, 5.41) is 2.42. The number of amides is 1. The molecule has 0 radical (unpaired) electrons. The number of hydrogen-bond donors (Lipinski definition) is 2. The number of benzene rings is 1. The van der Waals surface area contributed by atoms with Crippen molar-refractivity contribution in [1.29, 1.82) is 0 Å². The zero-order valence-electron chi connectivity index (χ0n) is 13.8. The van der Waals surface area contributed by atoms with E-state index in [1.165, 1.54) is 25.3 Å². The summed E-state index contributed by atoms with van der Waals surface area (Å²) in [6.07, 6.45) is 1.85. The summed E-state index contributed by atoms with van der Waals surface area (Å²) in [6.45, 7) is 5.27. The second-order valence-corrected chi connectivity index (χ2v) is 6.09. The summed E-state index contributed by atoms with van der Waals surface area (Å²) in [6, 6.07) is 3.85. The molecule has 0 aliphatic carbocycles. The summed E-state index contributed by atoms with van der Waals surface area (Å²) in [7, 11) is -4.53. The predicted molar refractivity (Wildman–Crippen MR) is 88.7 cm³/mol. The Labute approximate surface area is 146 Å². The highest BCUT2D eigenvalue weighted by molar-refractivity contribution is 7.86. The van der Waals surface area contributed by atoms with E-state index in [0.29, 0.717) is 19.6 Å². The van der Waals surface area contributed by atoms with E-state index < -0.39 is 15.0 Å². The molecule has 1 amide bonds. The van der Waals surface area contributed by atoms with Crippen LogP contribution in [0, 0.1) is 0 Å². The predicted octanol–water partition coefficient (Wildman–Crippen LogP) is 1.77. The molecule has 1 aromatic carbocycles. The molecule has 0 fully saturated rings. The van der Waals surface area contributed by atoms with E-state index >= 15 is 0 Å². The van der Waals surface area contributed by atoms with Crippen LogP contribution in [0.1, 0.15) is 13.3 Å². The molecule has 9 nitrogen and oxygen atoms in total. The van der Waals surface area contributed by atoms with E-state index in [2.05, 4.69) is 11.9 Å². The van der Waals surface area contributed by atoms with Gasteiger partial charge in [-0.05, 0) is 24.6 Å². The van der Waals surface area contributed by atoms with Crippen LogP contribution in [0.25, 0.3) is 0 Å². The fraction of sp³-hybridized carbons (Fsp3) is 0.400. The van der Waals surface area contributed by atoms with Crippen LogP contribution in [0.4, 0.5) is 5.69 Å². The lowest BCUT2D eigenvalue weighted by Crippen LogP contribution is -2.11. The van der Waals surface area contributed by atoms with Gasteiger partial charge in [0, 0.05) is 12.6 Å². The van der Waals surface area contributed by atoms with Gasteiger partial charge in [-0.1, -0.05) is 6.58 Å². The van der Waals surface area contributed by atoms with Gasteiger partial charge in [0.15, 0.2) is 13.6 Å². The lowest BCUT2D eigenvalue weighted by atomic mass is 10.3. The Balaban J connectivity index is 2.49. The molecule has 0 saturated heterocycles. The van der Waals surface area contributed by atoms with Crippen LogP contribution in [0.5, 0.6) is 5.75 Å². The maximum absolute atomic E-state index is 11.4. The molecule has 25 heavy (non-hydrogen) atoms. The normalized spacial score (nSPS) is 11.0. The van der Waals surface area contributed by atoms with Gasteiger partial charge in [-0.15, -0.1) is 0 Å². The molecule has 10 heteroatoms. The van der Waals surface area contributed by atoms with Gasteiger partial charge in [0.05, 0.1) is 19.5 Å². The molecule has 2 N–H and O–H groups in total. The van der Waals surface area contributed by atoms with Crippen molar-refractivity contribution in [2.45, 2.75) is 18.2 Å². The van der Waals surface area contributed by atoms with Crippen molar-refractivity contribution in [3.8, 4) is 5.75 Å². The molecule has 0 saturated carbocycles. The van der Waals surface area contributed by atoms with Crippen LogP contribution in [0.2, 0.25) is 0 Å². The molecule has 0 aliphatic rings. The Bertz CT molecular complexity index is 674. The topological polar surface area (TPSA) is 120 Å². The number of nitrogens with one attached hydrogen (secondary N) is 1. The van der Waals surface area contributed by atoms with Gasteiger partial charge < -0.3 is 24.3 Å². The summed E-state index contributed by atoms with van der Waals surface area (Å²) >= 11 is 0. The standard InChI is InChI=1S/C15H21NO8S/c1-3-21-10-22-7-4-8-23-11-24-14-6-5-13(16-12(2)17)9-15(14)25(18,19)20/h3,5-6,9H,1,4,7-8,10-11H2,2H3,(H,16,17)(H,18,19,20). The van der Waals surface area contributed by atoms with Crippen molar-refractivity contribution in [2.24, 2.45) is 0 Å². The molecule has 0 unspecified atom stereocenters. The quantitative estimate of drug-likeness (QED) is 0.245. The van der Waals surface area contributed by atoms with E-state index in [0.717, 1.165) is 6.07 Å². The highest BCUT2D eigenvalue weighted by atomic mass is 32.2. The molecule has 0 bridgehead atoms. The lowest BCUT2D eigenvalue weighted by Gasteiger charge is -2.12. The van der Waals surface area contributed by atoms with E-state index in [1.807, 2.05) is 0 Å². The van der Waals surface area contributed by atoms with Gasteiger partial charge in [-0.2, -0.15) is 8.42 Å². The van der Waals surface area contributed by atoms with E-state index in [-0.39, 0.29) is 30.9 Å². The van der Waals surface area contributed by atoms with Crippen LogP contribution in [0.3, 0.4) is 0 Å². The number of carbonyl (C=O) groups excluding carboxylic acids is 1. The molecule has 0 aliphatic heterocycles. The van der Waals surface area contributed by atoms with E-state index in [4.69, 9.17) is 18.9 Å². The fourth-order valence-corrected chi connectivity index (χ4v) is 2.35. The van der Waals surface area contributed by atoms with Gasteiger partial charge in [-0.25, -0.2) is 0 Å². The minimum absolute atomic E-state index is 0.0905. The second-order valence-electron chi connectivity index (χ2n) is 4.70. The smallest absolute Gasteiger partial charge is 0.298 e. The van der Waals surface area contributed by atoms with Crippen molar-refractivity contribution in [3.63, 3.8) is 0 Å². The van der Waals surface area contributed by atoms with E-state index in [9.17, 15) is 17.8 Å². The first-order chi connectivity index (χ1) is 11.8. The van der Waals surface area contributed by atoms with Gasteiger partial charge in [0.2, 0.25) is 5.91 Å². The summed E-state index contributed by atoms with van der Waals surface area (Å²) in [4.78, 5) is 10.6. The average Bonchev–Trinajstić information content (AvgIpc) is 2.53. The van der Waals surface area contributed by atoms with Gasteiger partial charge >= 0.3 is 0 Å². The Kier molecular flexibility index (Phi) is 8.92. The van der Waals surface area contributed by atoms with Crippen molar-refractivity contribution < 1.29 is 36.7 Å². The minimum atomic E-state index is -4.53. The number of anilines is 1. The van der Waals surface area contributed by atoms with Gasteiger partial charge in [0.25, 0.3) is 10.1 Å². The van der Waals surface area contributed by atoms with Crippen LogP contribution < -0.4 is 10.1 Å². The molecule has 1 aromatic rings. The van der Waals surface area contributed by atoms with Crippen molar-refractivity contribution in [1.82, 2.24) is 0 Å². The third kappa shape index (κ3) is 8.49. The van der Waals surface area contributed by atoms with Crippen LogP contribution in [-0.2, 0) is 29.1 Å². The zero-order chi connectivity index (χ0) is 18.7. The van der Waals surface area contributed by atoms with Crippen molar-refractivity contribution >= 4 is 21.7 Å². The highest BCUT2D eigenvalue weighted by Crippen LogP contribution is 2.27. The molecular formula is C15H21NO8S. The largest absolute Gasteiger partial charge is 0.476 e. The summed E-state index contributed by atoms with van der Waals surface area (Å²) < 4.78 is 52.4. The van der Waals surface area contributed by atoms with Gasteiger partial charge in [-0.3, -0.25) is 9.35 Å². The molecular weight excluding hydrogens is 354 g/mol. The molecule has 0 atom stereocenters. The Morgan fingerprint density at radius 3 is 2.56 bits per heavy atom. The minimum Gasteiger partial charge on any atom is -0.476 e.